The molecule has 0 spiro atoms. The van der Waals surface area contributed by atoms with E-state index in [2.05, 4.69) is 5.32 Å². The summed E-state index contributed by atoms with van der Waals surface area (Å²) in [6.45, 7) is 3.03. The van der Waals surface area contributed by atoms with E-state index in [1.54, 1.807) is 31.2 Å². The number of nitrogens with zero attached hydrogens (tertiary/aromatic N) is 1. The first-order valence-corrected chi connectivity index (χ1v) is 8.09. The lowest BCUT2D eigenvalue weighted by atomic mass is 10.1. The van der Waals surface area contributed by atoms with Crippen LogP contribution in [0.15, 0.2) is 36.4 Å². The number of halogens is 1. The Morgan fingerprint density at radius 2 is 1.92 bits per heavy atom. The number of nitrogens with one attached hydrogen (secondary N) is 1. The van der Waals surface area contributed by atoms with Gasteiger partial charge in [0.25, 0.3) is 5.91 Å². The molecule has 0 aliphatic carbocycles. The zero-order valence-electron chi connectivity index (χ0n) is 14.5. The third-order valence-corrected chi connectivity index (χ3v) is 3.91. The van der Waals surface area contributed by atoms with Gasteiger partial charge in [-0.3, -0.25) is 9.59 Å². The summed E-state index contributed by atoms with van der Waals surface area (Å²) in [6.07, 6.45) is -0.832. The van der Waals surface area contributed by atoms with Crippen molar-refractivity contribution < 1.29 is 19.1 Å². The molecule has 0 unspecified atom stereocenters. The van der Waals surface area contributed by atoms with Crippen LogP contribution in [0, 0.1) is 11.3 Å². The highest BCUT2D eigenvalue weighted by molar-refractivity contribution is 6.32. The summed E-state index contributed by atoms with van der Waals surface area (Å²) in [6, 6.07) is 11.3. The molecule has 0 fully saturated rings. The van der Waals surface area contributed by atoms with Crippen molar-refractivity contribution in [2.75, 3.05) is 12.4 Å². The fourth-order valence-electron chi connectivity index (χ4n) is 2.16. The summed E-state index contributed by atoms with van der Waals surface area (Å²) < 4.78 is 10.9. The van der Waals surface area contributed by atoms with Gasteiger partial charge in [0.15, 0.2) is 23.4 Å². The van der Waals surface area contributed by atoms with E-state index in [-0.39, 0.29) is 10.8 Å². The highest BCUT2D eigenvalue weighted by atomic mass is 35.5. The van der Waals surface area contributed by atoms with Crippen LogP contribution < -0.4 is 14.8 Å². The number of nitriles is 1. The summed E-state index contributed by atoms with van der Waals surface area (Å²) in [7, 11) is 1.45. The van der Waals surface area contributed by atoms with Crippen LogP contribution in [0.3, 0.4) is 0 Å². The fraction of sp³-hybridized carbons (Fsp3) is 0.211. The molecule has 134 valence electrons. The quantitative estimate of drug-likeness (QED) is 0.778. The van der Waals surface area contributed by atoms with Crippen LogP contribution in [0.1, 0.15) is 29.8 Å². The molecular weight excluding hydrogens is 356 g/mol. The molecule has 0 radical (unpaired) electrons. The molecule has 0 aromatic heterocycles. The smallest absolute Gasteiger partial charge is 0.265 e. The SMILES string of the molecule is COc1cc(C(C)=O)ccc1O[C@@H](C)C(=O)Nc1ccc(C#N)c(Cl)c1. The van der Waals surface area contributed by atoms with Crippen molar-refractivity contribution in [2.24, 2.45) is 0 Å². The van der Waals surface area contributed by atoms with E-state index in [9.17, 15) is 9.59 Å². The molecule has 1 atom stereocenters. The number of methoxy groups -OCH3 is 1. The molecule has 7 heteroatoms. The van der Waals surface area contributed by atoms with Crippen LogP contribution >= 0.6 is 11.6 Å². The van der Waals surface area contributed by atoms with Gasteiger partial charge >= 0.3 is 0 Å². The molecule has 0 bridgehead atoms. The van der Waals surface area contributed by atoms with Crippen molar-refractivity contribution in [3.63, 3.8) is 0 Å². The number of ether oxygens (including phenoxy) is 2. The minimum absolute atomic E-state index is 0.0988. The molecule has 26 heavy (non-hydrogen) atoms. The number of hydrogen-bond acceptors (Lipinski definition) is 5. The summed E-state index contributed by atoms with van der Waals surface area (Å²) in [5, 5.41) is 11.8. The largest absolute Gasteiger partial charge is 0.493 e. The molecule has 0 saturated carbocycles. The topological polar surface area (TPSA) is 88.4 Å². The van der Waals surface area contributed by atoms with Gasteiger partial charge in [-0.05, 0) is 50.2 Å². The average Bonchev–Trinajstić information content (AvgIpc) is 2.61. The third kappa shape index (κ3) is 4.52. The number of carbonyl (C=O) groups is 2. The second kappa shape index (κ2) is 8.37. The Morgan fingerprint density at radius 1 is 1.19 bits per heavy atom. The number of anilines is 1. The number of rotatable bonds is 6. The van der Waals surface area contributed by atoms with E-state index < -0.39 is 12.0 Å². The monoisotopic (exact) mass is 372 g/mol. The van der Waals surface area contributed by atoms with Crippen LogP contribution in [0.25, 0.3) is 0 Å². The molecule has 2 aromatic carbocycles. The molecule has 0 aliphatic heterocycles. The number of benzene rings is 2. The van der Waals surface area contributed by atoms with E-state index in [4.69, 9.17) is 26.3 Å². The van der Waals surface area contributed by atoms with Gasteiger partial charge < -0.3 is 14.8 Å². The van der Waals surface area contributed by atoms with Crippen molar-refractivity contribution in [1.29, 1.82) is 5.26 Å². The maximum atomic E-state index is 12.3. The summed E-state index contributed by atoms with van der Waals surface area (Å²) in [5.74, 6) is 0.207. The van der Waals surface area contributed by atoms with Crippen LogP contribution in [0.2, 0.25) is 5.02 Å². The Bertz CT molecular complexity index is 890. The highest BCUT2D eigenvalue weighted by Gasteiger charge is 2.18. The fourth-order valence-corrected chi connectivity index (χ4v) is 2.38. The molecular formula is C19H17ClN2O4. The van der Waals surface area contributed by atoms with Crippen molar-refractivity contribution >= 4 is 29.0 Å². The number of carbonyl (C=O) groups excluding carboxylic acids is 2. The first-order valence-electron chi connectivity index (χ1n) is 7.72. The average molecular weight is 373 g/mol. The molecule has 1 N–H and O–H groups in total. The zero-order chi connectivity index (χ0) is 19.3. The second-order valence-corrected chi connectivity index (χ2v) is 5.88. The number of ketones is 1. The van der Waals surface area contributed by atoms with Crippen molar-refractivity contribution in [2.45, 2.75) is 20.0 Å². The van der Waals surface area contributed by atoms with Crippen molar-refractivity contribution in [3.8, 4) is 17.6 Å². The Balaban J connectivity index is 2.11. The molecule has 0 saturated heterocycles. The van der Waals surface area contributed by atoms with Gasteiger partial charge in [-0.15, -0.1) is 0 Å². The van der Waals surface area contributed by atoms with E-state index in [0.717, 1.165) is 0 Å². The maximum absolute atomic E-state index is 12.3. The minimum atomic E-state index is -0.832. The van der Waals surface area contributed by atoms with Gasteiger partial charge in [-0.2, -0.15) is 5.26 Å². The van der Waals surface area contributed by atoms with Crippen LogP contribution in [0.5, 0.6) is 11.5 Å². The predicted molar refractivity (Wildman–Crippen MR) is 97.9 cm³/mol. The summed E-state index contributed by atoms with van der Waals surface area (Å²) in [5.41, 5.74) is 1.26. The van der Waals surface area contributed by atoms with Gasteiger partial charge in [-0.25, -0.2) is 0 Å². The normalized spacial score (nSPS) is 11.2. The van der Waals surface area contributed by atoms with E-state index in [1.165, 1.54) is 26.2 Å². The van der Waals surface area contributed by atoms with Crippen LogP contribution in [-0.2, 0) is 4.79 Å². The summed E-state index contributed by atoms with van der Waals surface area (Å²) in [4.78, 5) is 23.8. The van der Waals surface area contributed by atoms with Gasteiger partial charge in [-0.1, -0.05) is 11.6 Å². The van der Waals surface area contributed by atoms with Gasteiger partial charge in [0, 0.05) is 11.3 Å². The first kappa shape index (κ1) is 19.3. The lowest BCUT2D eigenvalue weighted by Gasteiger charge is -2.17. The predicted octanol–water partition coefficient (Wildman–Crippen LogP) is 3.83. The van der Waals surface area contributed by atoms with Crippen molar-refractivity contribution in [1.82, 2.24) is 0 Å². The van der Waals surface area contributed by atoms with Crippen molar-refractivity contribution in [3.05, 3.63) is 52.5 Å². The molecule has 0 aliphatic rings. The lowest BCUT2D eigenvalue weighted by Crippen LogP contribution is -2.30. The third-order valence-electron chi connectivity index (χ3n) is 3.60. The Hall–Kier alpha value is -3.04. The Morgan fingerprint density at radius 3 is 2.50 bits per heavy atom. The van der Waals surface area contributed by atoms with Crippen LogP contribution in [0.4, 0.5) is 5.69 Å². The Labute approximate surface area is 156 Å². The lowest BCUT2D eigenvalue weighted by molar-refractivity contribution is -0.122. The zero-order valence-corrected chi connectivity index (χ0v) is 15.3. The minimum Gasteiger partial charge on any atom is -0.493 e. The van der Waals surface area contributed by atoms with Gasteiger partial charge in [0.2, 0.25) is 0 Å². The van der Waals surface area contributed by atoms with Crippen LogP contribution in [-0.4, -0.2) is 24.9 Å². The van der Waals surface area contributed by atoms with Gasteiger partial charge in [0.1, 0.15) is 6.07 Å². The number of Topliss-reactive ketones (excluding diaryl/α,β-unsaturated/α-hetero) is 1. The highest BCUT2D eigenvalue weighted by Crippen LogP contribution is 2.29. The first-order chi connectivity index (χ1) is 12.3. The standard InChI is InChI=1S/C19H17ClN2O4/c1-11(23)13-5-7-17(18(8-13)25-3)26-12(2)19(24)22-15-6-4-14(10-21)16(20)9-15/h4-9,12H,1-3H3,(H,22,24)/t12-/m0/s1. The van der Waals surface area contributed by atoms with Gasteiger partial charge in [0.05, 0.1) is 17.7 Å². The van der Waals surface area contributed by atoms with E-state index >= 15 is 0 Å². The number of amides is 1. The molecule has 2 rings (SSSR count). The maximum Gasteiger partial charge on any atom is 0.265 e. The molecule has 2 aromatic rings. The van der Waals surface area contributed by atoms with E-state index in [0.29, 0.717) is 28.3 Å². The Kier molecular flexibility index (Phi) is 6.21. The molecule has 1 amide bonds. The second-order valence-electron chi connectivity index (χ2n) is 5.48. The summed E-state index contributed by atoms with van der Waals surface area (Å²) >= 11 is 5.95. The van der Waals surface area contributed by atoms with E-state index in [1.807, 2.05) is 6.07 Å². The number of hydrogen-bond donors (Lipinski definition) is 1. The molecule has 6 nitrogen and oxygen atoms in total. The molecule has 0 heterocycles.